The summed E-state index contributed by atoms with van der Waals surface area (Å²) in [4.78, 5) is 15.4. The van der Waals surface area contributed by atoms with Crippen molar-refractivity contribution in [2.75, 3.05) is 0 Å². The fourth-order valence-corrected chi connectivity index (χ4v) is 1.77. The van der Waals surface area contributed by atoms with Gasteiger partial charge in [-0.1, -0.05) is 12.1 Å². The summed E-state index contributed by atoms with van der Waals surface area (Å²) in [5.74, 6) is 1.64. The van der Waals surface area contributed by atoms with E-state index in [9.17, 15) is 4.79 Å². The lowest BCUT2D eigenvalue weighted by atomic mass is 10.1. The lowest BCUT2D eigenvalue weighted by Gasteiger charge is -1.97. The van der Waals surface area contributed by atoms with Gasteiger partial charge in [0, 0.05) is 11.1 Å². The minimum Gasteiger partial charge on any atom is -0.441 e. The molecule has 4 heteroatoms. The SMILES string of the molecule is CC(=O)c1ccc(-c2nc(CCl)c(C)o2)cc1. The van der Waals surface area contributed by atoms with E-state index in [1.165, 1.54) is 6.92 Å². The van der Waals surface area contributed by atoms with Crippen molar-refractivity contribution in [1.29, 1.82) is 0 Å². The molecule has 3 nitrogen and oxygen atoms in total. The Balaban J connectivity index is 2.36. The Hall–Kier alpha value is -1.61. The molecule has 2 aromatic rings. The number of aryl methyl sites for hydroxylation is 1. The second kappa shape index (κ2) is 4.72. The molecule has 88 valence electrons. The summed E-state index contributed by atoms with van der Waals surface area (Å²) in [6, 6.07) is 7.16. The number of carbonyl (C=O) groups is 1. The summed E-state index contributed by atoms with van der Waals surface area (Å²) in [5, 5.41) is 0. The van der Waals surface area contributed by atoms with Gasteiger partial charge in [0.2, 0.25) is 5.89 Å². The van der Waals surface area contributed by atoms with Crippen LogP contribution in [-0.2, 0) is 5.88 Å². The molecule has 0 saturated heterocycles. The third-order valence-corrected chi connectivity index (χ3v) is 2.81. The lowest BCUT2D eigenvalue weighted by Crippen LogP contribution is -1.90. The minimum absolute atomic E-state index is 0.0431. The van der Waals surface area contributed by atoms with Crippen LogP contribution >= 0.6 is 11.6 Å². The first-order valence-corrected chi connectivity index (χ1v) is 5.79. The third-order valence-electron chi connectivity index (χ3n) is 2.56. The van der Waals surface area contributed by atoms with Gasteiger partial charge in [0.05, 0.1) is 11.6 Å². The van der Waals surface area contributed by atoms with Gasteiger partial charge in [-0.3, -0.25) is 4.79 Å². The van der Waals surface area contributed by atoms with Crippen LogP contribution in [0.2, 0.25) is 0 Å². The van der Waals surface area contributed by atoms with E-state index in [1.54, 1.807) is 12.1 Å². The molecular weight excluding hydrogens is 238 g/mol. The molecule has 0 fully saturated rings. The maximum absolute atomic E-state index is 11.1. The predicted molar refractivity (Wildman–Crippen MR) is 66.2 cm³/mol. The van der Waals surface area contributed by atoms with Crippen molar-refractivity contribution < 1.29 is 9.21 Å². The molecule has 0 aliphatic rings. The first kappa shape index (κ1) is 11.9. The molecule has 0 bridgehead atoms. The smallest absolute Gasteiger partial charge is 0.226 e. The summed E-state index contributed by atoms with van der Waals surface area (Å²) >= 11 is 5.73. The molecule has 0 aliphatic carbocycles. The van der Waals surface area contributed by atoms with Gasteiger partial charge in [-0.25, -0.2) is 4.98 Å². The summed E-state index contributed by atoms with van der Waals surface area (Å²) in [5.41, 5.74) is 2.27. The standard InChI is InChI=1S/C13H12ClNO2/c1-8(16)10-3-5-11(6-4-10)13-15-12(7-14)9(2)17-13/h3-6H,7H2,1-2H3. The number of oxazole rings is 1. The number of Topliss-reactive ketones (excluding diaryl/α,β-unsaturated/α-hetero) is 1. The number of ketones is 1. The van der Waals surface area contributed by atoms with Crippen molar-refractivity contribution in [2.45, 2.75) is 19.7 Å². The number of rotatable bonds is 3. The average Bonchev–Trinajstić information content (AvgIpc) is 2.70. The summed E-state index contributed by atoms with van der Waals surface area (Å²) in [7, 11) is 0. The van der Waals surface area contributed by atoms with Gasteiger partial charge in [-0.2, -0.15) is 0 Å². The average molecular weight is 250 g/mol. The Morgan fingerprint density at radius 1 is 1.35 bits per heavy atom. The van der Waals surface area contributed by atoms with Gasteiger partial charge in [-0.05, 0) is 26.0 Å². The first-order chi connectivity index (χ1) is 8.11. The molecular formula is C13H12ClNO2. The Bertz CT molecular complexity index is 543. The highest BCUT2D eigenvalue weighted by molar-refractivity contribution is 6.17. The highest BCUT2D eigenvalue weighted by Gasteiger charge is 2.10. The lowest BCUT2D eigenvalue weighted by molar-refractivity contribution is 0.101. The predicted octanol–water partition coefficient (Wildman–Crippen LogP) is 3.59. The second-order valence-electron chi connectivity index (χ2n) is 3.79. The summed E-state index contributed by atoms with van der Waals surface area (Å²) in [6.45, 7) is 3.37. The van der Waals surface area contributed by atoms with Crippen LogP contribution in [0.4, 0.5) is 0 Å². The highest BCUT2D eigenvalue weighted by Crippen LogP contribution is 2.23. The fourth-order valence-electron chi connectivity index (χ4n) is 1.52. The zero-order chi connectivity index (χ0) is 12.4. The van der Waals surface area contributed by atoms with Crippen LogP contribution in [0.25, 0.3) is 11.5 Å². The second-order valence-corrected chi connectivity index (χ2v) is 4.06. The van der Waals surface area contributed by atoms with E-state index in [2.05, 4.69) is 4.98 Å². The fraction of sp³-hybridized carbons (Fsp3) is 0.231. The van der Waals surface area contributed by atoms with E-state index in [-0.39, 0.29) is 5.78 Å². The molecule has 0 saturated carbocycles. The van der Waals surface area contributed by atoms with Crippen LogP contribution in [-0.4, -0.2) is 10.8 Å². The van der Waals surface area contributed by atoms with Crippen LogP contribution in [0.5, 0.6) is 0 Å². The molecule has 1 heterocycles. The van der Waals surface area contributed by atoms with Crippen molar-refractivity contribution in [3.63, 3.8) is 0 Å². The third kappa shape index (κ3) is 2.39. The van der Waals surface area contributed by atoms with Crippen molar-refractivity contribution in [2.24, 2.45) is 0 Å². The van der Waals surface area contributed by atoms with Crippen molar-refractivity contribution >= 4 is 17.4 Å². The van der Waals surface area contributed by atoms with Crippen molar-refractivity contribution in [1.82, 2.24) is 4.98 Å². The molecule has 0 spiro atoms. The van der Waals surface area contributed by atoms with Crippen LogP contribution in [0, 0.1) is 6.92 Å². The summed E-state index contributed by atoms with van der Waals surface area (Å²) < 4.78 is 5.51. The van der Waals surface area contributed by atoms with E-state index >= 15 is 0 Å². The zero-order valence-electron chi connectivity index (χ0n) is 9.66. The molecule has 0 amide bonds. The molecule has 1 aromatic carbocycles. The van der Waals surface area contributed by atoms with Crippen LogP contribution in [0.1, 0.15) is 28.7 Å². The van der Waals surface area contributed by atoms with E-state index in [4.69, 9.17) is 16.0 Å². The number of alkyl halides is 1. The van der Waals surface area contributed by atoms with Crippen molar-refractivity contribution in [3.8, 4) is 11.5 Å². The van der Waals surface area contributed by atoms with Gasteiger partial charge in [0.25, 0.3) is 0 Å². The van der Waals surface area contributed by atoms with E-state index in [1.807, 2.05) is 19.1 Å². The van der Waals surface area contributed by atoms with Crippen molar-refractivity contribution in [3.05, 3.63) is 41.3 Å². The monoisotopic (exact) mass is 249 g/mol. The molecule has 0 N–H and O–H groups in total. The highest BCUT2D eigenvalue weighted by atomic mass is 35.5. The van der Waals surface area contributed by atoms with Gasteiger partial charge in [-0.15, -0.1) is 11.6 Å². The quantitative estimate of drug-likeness (QED) is 0.617. The van der Waals surface area contributed by atoms with E-state index in [0.29, 0.717) is 17.3 Å². The number of hydrogen-bond donors (Lipinski definition) is 0. The number of carbonyl (C=O) groups excluding carboxylic acids is 1. The number of aromatic nitrogens is 1. The maximum Gasteiger partial charge on any atom is 0.226 e. The molecule has 0 unspecified atom stereocenters. The Kier molecular flexibility index (Phi) is 3.29. The van der Waals surface area contributed by atoms with Gasteiger partial charge < -0.3 is 4.42 Å². The molecule has 17 heavy (non-hydrogen) atoms. The van der Waals surface area contributed by atoms with E-state index < -0.39 is 0 Å². The first-order valence-electron chi connectivity index (χ1n) is 5.25. The maximum atomic E-state index is 11.1. The molecule has 1 aromatic heterocycles. The largest absolute Gasteiger partial charge is 0.441 e. The van der Waals surface area contributed by atoms with Crippen LogP contribution < -0.4 is 0 Å². The normalized spacial score (nSPS) is 10.5. The van der Waals surface area contributed by atoms with Gasteiger partial charge >= 0.3 is 0 Å². The number of benzene rings is 1. The molecule has 0 aliphatic heterocycles. The Morgan fingerprint density at radius 2 is 2.00 bits per heavy atom. The van der Waals surface area contributed by atoms with Crippen LogP contribution in [0.15, 0.2) is 28.7 Å². The molecule has 2 rings (SSSR count). The zero-order valence-corrected chi connectivity index (χ0v) is 10.4. The Labute approximate surface area is 104 Å². The number of halogens is 1. The summed E-state index contributed by atoms with van der Waals surface area (Å²) in [6.07, 6.45) is 0. The van der Waals surface area contributed by atoms with Gasteiger partial charge in [0.1, 0.15) is 5.76 Å². The number of hydrogen-bond acceptors (Lipinski definition) is 3. The van der Waals surface area contributed by atoms with E-state index in [0.717, 1.165) is 17.0 Å². The topological polar surface area (TPSA) is 43.1 Å². The minimum atomic E-state index is 0.0431. The molecule has 0 radical (unpaired) electrons. The molecule has 0 atom stereocenters. The van der Waals surface area contributed by atoms with Gasteiger partial charge in [0.15, 0.2) is 5.78 Å². The van der Waals surface area contributed by atoms with Crippen LogP contribution in [0.3, 0.4) is 0 Å². The number of nitrogens with zero attached hydrogens (tertiary/aromatic N) is 1. The Morgan fingerprint density at radius 3 is 2.47 bits per heavy atom.